The van der Waals surface area contributed by atoms with Crippen LogP contribution in [-0.4, -0.2) is 4.57 Å². The van der Waals surface area contributed by atoms with Crippen LogP contribution in [0.4, 0.5) is 17.1 Å². The molecule has 344 valence electrons. The molecule has 73 heavy (non-hydrogen) atoms. The van der Waals surface area contributed by atoms with E-state index in [1.165, 1.54) is 77.5 Å². The first-order valence-electron chi connectivity index (χ1n) is 25.4. The summed E-state index contributed by atoms with van der Waals surface area (Å²) in [6.07, 6.45) is 0. The molecule has 3 nitrogen and oxygen atoms in total. The minimum atomic E-state index is -0.538. The summed E-state index contributed by atoms with van der Waals surface area (Å²) in [5.41, 5.74) is 22.8. The smallest absolute Gasteiger partial charge is 0.138 e. The largest absolute Gasteiger partial charge is 0.456 e. The number of benzene rings is 11. The van der Waals surface area contributed by atoms with Crippen LogP contribution in [-0.2, 0) is 10.8 Å². The Morgan fingerprint density at radius 1 is 0.384 bits per heavy atom. The van der Waals surface area contributed by atoms with Gasteiger partial charge in [-0.05, 0) is 110 Å². The number of nitrogens with zero attached hydrogens (tertiary/aromatic N) is 2. The number of fused-ring (bicyclic) bond motifs is 12. The predicted molar refractivity (Wildman–Crippen MR) is 303 cm³/mol. The number of anilines is 3. The number of aromatic nitrogens is 1. The van der Waals surface area contributed by atoms with Gasteiger partial charge in [0.2, 0.25) is 0 Å². The quantitative estimate of drug-likeness (QED) is 0.159. The molecule has 0 saturated heterocycles. The van der Waals surface area contributed by atoms with Crippen molar-refractivity contribution in [2.24, 2.45) is 0 Å². The average molecular weight is 933 g/mol. The van der Waals surface area contributed by atoms with Gasteiger partial charge in [-0.1, -0.05) is 208 Å². The zero-order valence-corrected chi connectivity index (χ0v) is 40.6. The van der Waals surface area contributed by atoms with Crippen molar-refractivity contribution in [1.82, 2.24) is 4.57 Å². The molecular weight excluding hydrogens is 885 g/mol. The molecule has 0 unspecified atom stereocenters. The van der Waals surface area contributed by atoms with Gasteiger partial charge in [-0.25, -0.2) is 0 Å². The molecule has 2 aliphatic carbocycles. The van der Waals surface area contributed by atoms with Crippen LogP contribution in [0, 0.1) is 0 Å². The molecule has 13 aromatic rings. The average Bonchev–Trinajstić information content (AvgIpc) is 4.21. The van der Waals surface area contributed by atoms with E-state index in [2.05, 4.69) is 278 Å². The lowest BCUT2D eigenvalue weighted by Gasteiger charge is -2.34. The van der Waals surface area contributed by atoms with E-state index in [1.54, 1.807) is 0 Å². The van der Waals surface area contributed by atoms with Crippen LogP contribution < -0.4 is 4.90 Å². The monoisotopic (exact) mass is 932 g/mol. The number of hydrogen-bond donors (Lipinski definition) is 0. The van der Waals surface area contributed by atoms with Crippen molar-refractivity contribution >= 4 is 60.8 Å². The summed E-state index contributed by atoms with van der Waals surface area (Å²) in [6.45, 7) is 4.74. The van der Waals surface area contributed by atoms with Crippen LogP contribution in [0.1, 0.15) is 47.2 Å². The zero-order chi connectivity index (χ0) is 48.4. The fourth-order valence-corrected chi connectivity index (χ4v) is 13.2. The lowest BCUT2D eigenvalue weighted by molar-refractivity contribution is 0.660. The van der Waals surface area contributed by atoms with E-state index in [0.29, 0.717) is 0 Å². The van der Waals surface area contributed by atoms with Crippen LogP contribution >= 0.6 is 0 Å². The maximum absolute atomic E-state index is 6.90. The second kappa shape index (κ2) is 15.7. The summed E-state index contributed by atoms with van der Waals surface area (Å²) >= 11 is 0. The Bertz CT molecular complexity index is 4300. The molecule has 0 N–H and O–H groups in total. The third-order valence-corrected chi connectivity index (χ3v) is 16.2. The normalized spacial score (nSPS) is 13.8. The molecule has 2 aliphatic rings. The Morgan fingerprint density at radius 3 is 1.75 bits per heavy atom. The van der Waals surface area contributed by atoms with Crippen molar-refractivity contribution in [2.75, 3.05) is 4.90 Å². The van der Waals surface area contributed by atoms with Crippen LogP contribution in [0.5, 0.6) is 0 Å². The molecule has 3 heteroatoms. The summed E-state index contributed by atoms with van der Waals surface area (Å²) in [6, 6.07) is 93.9. The van der Waals surface area contributed by atoms with Crippen molar-refractivity contribution in [3.05, 3.63) is 288 Å². The molecule has 0 aliphatic heterocycles. The number of furan rings is 1. The first kappa shape index (κ1) is 41.6. The van der Waals surface area contributed by atoms with E-state index in [-0.39, 0.29) is 5.41 Å². The van der Waals surface area contributed by atoms with Crippen molar-refractivity contribution < 1.29 is 4.42 Å². The lowest BCUT2D eigenvalue weighted by atomic mass is 9.68. The molecule has 2 aromatic heterocycles. The van der Waals surface area contributed by atoms with E-state index >= 15 is 0 Å². The SMILES string of the molecule is CC1(C)c2ccccc2-c2ccc(-c3c4c(cc5c3c3ccc(N(c6ccccc6)c6cccc7c6-c6ccccc6C7(c6ccccc6)c6ccccc6)cc3n5-c3ccccc3)oc3ccccc34)cc21. The van der Waals surface area contributed by atoms with Crippen molar-refractivity contribution in [2.45, 2.75) is 24.7 Å². The summed E-state index contributed by atoms with van der Waals surface area (Å²) in [4.78, 5) is 2.48. The summed E-state index contributed by atoms with van der Waals surface area (Å²) in [7, 11) is 0. The predicted octanol–water partition coefficient (Wildman–Crippen LogP) is 18.5. The zero-order valence-electron chi connectivity index (χ0n) is 40.6. The van der Waals surface area contributed by atoms with Gasteiger partial charge in [-0.15, -0.1) is 0 Å². The van der Waals surface area contributed by atoms with E-state index < -0.39 is 5.41 Å². The highest BCUT2D eigenvalue weighted by Crippen LogP contribution is 2.60. The highest BCUT2D eigenvalue weighted by molar-refractivity contribution is 6.27. The maximum atomic E-state index is 6.90. The lowest BCUT2D eigenvalue weighted by Crippen LogP contribution is -2.28. The Balaban J connectivity index is 1.03. The summed E-state index contributed by atoms with van der Waals surface area (Å²) in [5.74, 6) is 0. The molecule has 11 aromatic carbocycles. The Hall–Kier alpha value is -9.18. The Kier molecular flexibility index (Phi) is 8.92. The first-order valence-corrected chi connectivity index (χ1v) is 25.4. The van der Waals surface area contributed by atoms with Gasteiger partial charge >= 0.3 is 0 Å². The second-order valence-corrected chi connectivity index (χ2v) is 20.3. The Labute approximate surface area is 424 Å². The third kappa shape index (κ3) is 5.82. The summed E-state index contributed by atoms with van der Waals surface area (Å²) in [5, 5.41) is 4.63. The fraction of sp³-hybridized carbons (Fsp3) is 0.0571. The van der Waals surface area contributed by atoms with Crippen LogP contribution in [0.2, 0.25) is 0 Å². The molecular formula is C70H48N2O. The van der Waals surface area contributed by atoms with E-state index in [4.69, 9.17) is 4.42 Å². The summed E-state index contributed by atoms with van der Waals surface area (Å²) < 4.78 is 9.36. The number of hydrogen-bond acceptors (Lipinski definition) is 2. The molecule has 2 heterocycles. The van der Waals surface area contributed by atoms with Crippen molar-refractivity contribution in [3.63, 3.8) is 0 Å². The molecule has 0 amide bonds. The molecule has 15 rings (SSSR count). The van der Waals surface area contributed by atoms with E-state index in [9.17, 15) is 0 Å². The van der Waals surface area contributed by atoms with E-state index in [1.807, 2.05) is 0 Å². The van der Waals surface area contributed by atoms with Crippen molar-refractivity contribution in [3.8, 4) is 39.1 Å². The van der Waals surface area contributed by atoms with Gasteiger partial charge in [0.25, 0.3) is 0 Å². The van der Waals surface area contributed by atoms with Crippen LogP contribution in [0.3, 0.4) is 0 Å². The third-order valence-electron chi connectivity index (χ3n) is 16.2. The van der Waals surface area contributed by atoms with Gasteiger partial charge in [0.05, 0.1) is 22.1 Å². The van der Waals surface area contributed by atoms with Gasteiger partial charge in [-0.3, -0.25) is 0 Å². The minimum absolute atomic E-state index is 0.165. The first-order chi connectivity index (χ1) is 36.0. The second-order valence-electron chi connectivity index (χ2n) is 20.3. The van der Waals surface area contributed by atoms with Gasteiger partial charge in [0, 0.05) is 61.2 Å². The van der Waals surface area contributed by atoms with Crippen LogP contribution in [0.15, 0.2) is 259 Å². The van der Waals surface area contributed by atoms with Crippen molar-refractivity contribution in [1.29, 1.82) is 0 Å². The molecule has 0 spiro atoms. The standard InChI is InChI=1S/C70H48N2O/c1-69(2)56-33-18-15-30-51(56)52-40-38-45(42-59(52)69)65-67-54-41-39-50(43-61(54)72(49-28-13-6-14-29-49)62(67)44-64-68(65)55-32-17-20-37-63(55)73-64)71(48-26-11-5-12-27-48)60-36-21-35-58-66(60)53-31-16-19-34-57(53)70(58,46-22-7-3-8-23-46)47-24-9-4-10-25-47/h3-44H,1-2H3. The van der Waals surface area contributed by atoms with Gasteiger partial charge < -0.3 is 13.9 Å². The number of para-hydroxylation sites is 3. The van der Waals surface area contributed by atoms with Gasteiger partial charge in [0.15, 0.2) is 0 Å². The molecule has 0 atom stereocenters. The minimum Gasteiger partial charge on any atom is -0.456 e. The highest BCUT2D eigenvalue weighted by atomic mass is 16.3. The highest BCUT2D eigenvalue weighted by Gasteiger charge is 2.47. The fourth-order valence-electron chi connectivity index (χ4n) is 13.2. The topological polar surface area (TPSA) is 21.3 Å². The number of rotatable bonds is 7. The molecule has 0 fully saturated rings. The van der Waals surface area contributed by atoms with E-state index in [0.717, 1.165) is 55.7 Å². The Morgan fingerprint density at radius 2 is 1.00 bits per heavy atom. The van der Waals surface area contributed by atoms with Gasteiger partial charge in [0.1, 0.15) is 11.2 Å². The maximum Gasteiger partial charge on any atom is 0.138 e. The van der Waals surface area contributed by atoms with Gasteiger partial charge in [-0.2, -0.15) is 0 Å². The van der Waals surface area contributed by atoms with Crippen LogP contribution in [0.25, 0.3) is 82.8 Å². The molecule has 0 saturated carbocycles. The molecule has 0 radical (unpaired) electrons. The molecule has 0 bridgehead atoms.